The van der Waals surface area contributed by atoms with Gasteiger partial charge >= 0.3 is 0 Å². The fourth-order valence-electron chi connectivity index (χ4n) is 1.61. The van der Waals surface area contributed by atoms with E-state index in [2.05, 4.69) is 10.4 Å². The van der Waals surface area contributed by atoms with Crippen molar-refractivity contribution in [2.75, 3.05) is 26.3 Å². The van der Waals surface area contributed by atoms with Crippen LogP contribution in [-0.4, -0.2) is 47.3 Å². The molecule has 0 bridgehead atoms. The quantitative estimate of drug-likeness (QED) is 0.607. The van der Waals surface area contributed by atoms with Gasteiger partial charge < -0.3 is 15.2 Å². The van der Waals surface area contributed by atoms with Gasteiger partial charge in [-0.2, -0.15) is 5.10 Å². The maximum absolute atomic E-state index is 9.63. The summed E-state index contributed by atoms with van der Waals surface area (Å²) >= 11 is 0. The Morgan fingerprint density at radius 1 is 1.53 bits per heavy atom. The van der Waals surface area contributed by atoms with E-state index >= 15 is 0 Å². The molecule has 1 atom stereocenters. The Hall–Kier alpha value is -0.910. The fraction of sp³-hybridized carbons (Fsp3) is 0.750. The number of nitrogens with one attached hydrogen (secondary N) is 1. The van der Waals surface area contributed by atoms with Crippen LogP contribution in [-0.2, 0) is 11.3 Å². The van der Waals surface area contributed by atoms with Crippen molar-refractivity contribution < 1.29 is 9.84 Å². The molecular weight excluding hydrogens is 218 g/mol. The lowest BCUT2D eigenvalue weighted by atomic mass is 10.3. The summed E-state index contributed by atoms with van der Waals surface area (Å²) in [6.45, 7) is 3.45. The van der Waals surface area contributed by atoms with Crippen molar-refractivity contribution in [2.24, 2.45) is 5.92 Å². The van der Waals surface area contributed by atoms with E-state index < -0.39 is 6.10 Å². The van der Waals surface area contributed by atoms with Crippen molar-refractivity contribution in [1.82, 2.24) is 15.1 Å². The first-order valence-corrected chi connectivity index (χ1v) is 6.28. The highest BCUT2D eigenvalue weighted by Crippen LogP contribution is 2.28. The van der Waals surface area contributed by atoms with Crippen LogP contribution in [0.4, 0.5) is 0 Å². The molecule has 96 valence electrons. The summed E-state index contributed by atoms with van der Waals surface area (Å²) in [6, 6.07) is 1.90. The molecule has 2 rings (SSSR count). The van der Waals surface area contributed by atoms with Crippen LogP contribution < -0.4 is 5.32 Å². The Morgan fingerprint density at radius 3 is 3.12 bits per heavy atom. The molecule has 5 heteroatoms. The second-order valence-electron chi connectivity index (χ2n) is 4.61. The van der Waals surface area contributed by atoms with Crippen molar-refractivity contribution in [3.8, 4) is 0 Å². The zero-order valence-electron chi connectivity index (χ0n) is 10.1. The van der Waals surface area contributed by atoms with Crippen molar-refractivity contribution in [2.45, 2.75) is 25.5 Å². The third-order valence-corrected chi connectivity index (χ3v) is 2.82. The third kappa shape index (κ3) is 5.30. The molecule has 0 amide bonds. The Balaban J connectivity index is 1.43. The number of rotatable bonds is 9. The largest absolute Gasteiger partial charge is 0.389 e. The minimum absolute atomic E-state index is 0.411. The van der Waals surface area contributed by atoms with E-state index in [1.165, 1.54) is 12.8 Å². The number of nitrogens with zero attached hydrogens (tertiary/aromatic N) is 2. The van der Waals surface area contributed by atoms with E-state index in [-0.39, 0.29) is 0 Å². The van der Waals surface area contributed by atoms with Gasteiger partial charge in [-0.05, 0) is 24.8 Å². The molecule has 0 saturated heterocycles. The normalized spacial score (nSPS) is 17.2. The molecule has 1 aromatic rings. The minimum Gasteiger partial charge on any atom is -0.389 e. The molecule has 0 radical (unpaired) electrons. The maximum Gasteiger partial charge on any atom is 0.0897 e. The molecule has 1 saturated carbocycles. The maximum atomic E-state index is 9.63. The van der Waals surface area contributed by atoms with E-state index in [0.717, 1.165) is 25.6 Å². The molecule has 1 aromatic heterocycles. The van der Waals surface area contributed by atoms with Crippen molar-refractivity contribution in [3.63, 3.8) is 0 Å². The summed E-state index contributed by atoms with van der Waals surface area (Å²) in [5.74, 6) is 0.759. The highest BCUT2D eigenvalue weighted by Gasteiger charge is 2.21. The molecule has 1 aliphatic rings. The molecule has 17 heavy (non-hydrogen) atoms. The molecule has 0 spiro atoms. The second kappa shape index (κ2) is 6.74. The van der Waals surface area contributed by atoms with E-state index in [0.29, 0.717) is 13.2 Å². The van der Waals surface area contributed by atoms with Gasteiger partial charge in [-0.15, -0.1) is 0 Å². The van der Waals surface area contributed by atoms with Gasteiger partial charge in [-0.1, -0.05) is 0 Å². The summed E-state index contributed by atoms with van der Waals surface area (Å²) in [5, 5.41) is 16.9. The van der Waals surface area contributed by atoms with Gasteiger partial charge in [0.25, 0.3) is 0 Å². The summed E-state index contributed by atoms with van der Waals surface area (Å²) in [5.41, 5.74) is 0. The SMILES string of the molecule is OC(CNCCn1cccn1)COCC1CC1. The molecule has 1 unspecified atom stereocenters. The monoisotopic (exact) mass is 239 g/mol. The number of aromatic nitrogens is 2. The van der Waals surface area contributed by atoms with Crippen LogP contribution >= 0.6 is 0 Å². The number of aliphatic hydroxyl groups is 1. The Kier molecular flexibility index (Phi) is 4.97. The lowest BCUT2D eigenvalue weighted by molar-refractivity contribution is 0.0325. The molecule has 5 nitrogen and oxygen atoms in total. The standard InChI is InChI=1S/C12H21N3O2/c16-12(10-17-9-11-2-3-11)8-13-5-7-15-6-1-4-14-15/h1,4,6,11-13,16H,2-3,5,7-10H2. The molecule has 1 heterocycles. The van der Waals surface area contributed by atoms with Crippen molar-refractivity contribution in [3.05, 3.63) is 18.5 Å². The fourth-order valence-corrected chi connectivity index (χ4v) is 1.61. The first-order valence-electron chi connectivity index (χ1n) is 6.28. The van der Waals surface area contributed by atoms with Crippen LogP contribution in [0.1, 0.15) is 12.8 Å². The van der Waals surface area contributed by atoms with Crippen molar-refractivity contribution >= 4 is 0 Å². The van der Waals surface area contributed by atoms with Gasteiger partial charge in [-0.3, -0.25) is 4.68 Å². The summed E-state index contributed by atoms with van der Waals surface area (Å²) in [4.78, 5) is 0. The van der Waals surface area contributed by atoms with Crippen LogP contribution in [0.3, 0.4) is 0 Å². The Morgan fingerprint density at radius 2 is 2.41 bits per heavy atom. The predicted octanol–water partition coefficient (Wildman–Crippen LogP) is 0.260. The van der Waals surface area contributed by atoms with Gasteiger partial charge in [0.05, 0.1) is 19.3 Å². The Labute approximate surface area is 102 Å². The molecular formula is C12H21N3O2. The van der Waals surface area contributed by atoms with Crippen LogP contribution in [0.2, 0.25) is 0 Å². The molecule has 2 N–H and O–H groups in total. The Bertz CT molecular complexity index is 299. The van der Waals surface area contributed by atoms with E-state index in [1.54, 1.807) is 6.20 Å². The smallest absolute Gasteiger partial charge is 0.0897 e. The highest BCUT2D eigenvalue weighted by molar-refractivity contribution is 4.77. The van der Waals surface area contributed by atoms with Crippen LogP contribution in [0.15, 0.2) is 18.5 Å². The van der Waals surface area contributed by atoms with Gasteiger partial charge in [-0.25, -0.2) is 0 Å². The van der Waals surface area contributed by atoms with E-state index in [1.807, 2.05) is 16.9 Å². The minimum atomic E-state index is -0.411. The number of hydrogen-bond donors (Lipinski definition) is 2. The predicted molar refractivity (Wildman–Crippen MR) is 64.6 cm³/mol. The van der Waals surface area contributed by atoms with Gasteiger partial charge in [0.15, 0.2) is 0 Å². The first kappa shape index (κ1) is 12.5. The average molecular weight is 239 g/mol. The third-order valence-electron chi connectivity index (χ3n) is 2.82. The zero-order valence-corrected chi connectivity index (χ0v) is 10.1. The summed E-state index contributed by atoms with van der Waals surface area (Å²) in [6.07, 6.45) is 5.86. The average Bonchev–Trinajstić information content (AvgIpc) is 3.00. The van der Waals surface area contributed by atoms with Crippen LogP contribution in [0.5, 0.6) is 0 Å². The summed E-state index contributed by atoms with van der Waals surface area (Å²) < 4.78 is 7.28. The lowest BCUT2D eigenvalue weighted by Crippen LogP contribution is -2.32. The zero-order chi connectivity index (χ0) is 11.9. The first-order chi connectivity index (χ1) is 8.34. The lowest BCUT2D eigenvalue weighted by Gasteiger charge is -2.12. The highest BCUT2D eigenvalue weighted by atomic mass is 16.5. The topological polar surface area (TPSA) is 59.3 Å². The molecule has 1 aliphatic carbocycles. The van der Waals surface area contributed by atoms with Crippen LogP contribution in [0.25, 0.3) is 0 Å². The van der Waals surface area contributed by atoms with Gasteiger partial charge in [0, 0.05) is 32.1 Å². The second-order valence-corrected chi connectivity index (χ2v) is 4.61. The van der Waals surface area contributed by atoms with E-state index in [9.17, 15) is 5.11 Å². The number of ether oxygens (including phenoxy) is 1. The molecule has 0 aromatic carbocycles. The van der Waals surface area contributed by atoms with Gasteiger partial charge in [0.2, 0.25) is 0 Å². The van der Waals surface area contributed by atoms with Crippen LogP contribution in [0, 0.1) is 5.92 Å². The molecule has 1 fully saturated rings. The molecule has 0 aliphatic heterocycles. The van der Waals surface area contributed by atoms with Gasteiger partial charge in [0.1, 0.15) is 0 Å². The van der Waals surface area contributed by atoms with E-state index in [4.69, 9.17) is 4.74 Å². The number of hydrogen-bond acceptors (Lipinski definition) is 4. The van der Waals surface area contributed by atoms with Crippen molar-refractivity contribution in [1.29, 1.82) is 0 Å². The summed E-state index contributed by atoms with van der Waals surface area (Å²) in [7, 11) is 0. The number of aliphatic hydroxyl groups excluding tert-OH is 1.